The van der Waals surface area contributed by atoms with E-state index in [9.17, 15) is 9.18 Å². The van der Waals surface area contributed by atoms with Gasteiger partial charge in [-0.25, -0.2) is 19.2 Å². The number of hydrogen-bond donors (Lipinski definition) is 2. The van der Waals surface area contributed by atoms with Gasteiger partial charge in [0, 0.05) is 31.7 Å². The first kappa shape index (κ1) is 28.6. The molecule has 0 unspecified atom stereocenters. The highest BCUT2D eigenvalue weighted by atomic mass is 35.5. The molecule has 1 aliphatic heterocycles. The Labute approximate surface area is 246 Å². The zero-order valence-corrected chi connectivity index (χ0v) is 24.2. The molecule has 4 aromatic rings. The fourth-order valence-corrected chi connectivity index (χ4v) is 5.54. The summed E-state index contributed by atoms with van der Waals surface area (Å²) >= 11 is 7.96. The number of anilines is 2. The lowest BCUT2D eigenvalue weighted by Crippen LogP contribution is -2.34. The van der Waals surface area contributed by atoms with Crippen molar-refractivity contribution < 1.29 is 18.7 Å². The van der Waals surface area contributed by atoms with Crippen LogP contribution in [0.25, 0.3) is 10.2 Å². The van der Waals surface area contributed by atoms with Crippen LogP contribution in [0.15, 0.2) is 54.9 Å². The Kier molecular flexibility index (Phi) is 9.19. The summed E-state index contributed by atoms with van der Waals surface area (Å²) in [6.45, 7) is 5.89. The van der Waals surface area contributed by atoms with E-state index < -0.39 is 0 Å². The number of fused-ring (bicyclic) bond motifs is 1. The maximum atomic E-state index is 13.4. The van der Waals surface area contributed by atoms with Crippen LogP contribution in [0.5, 0.6) is 5.75 Å². The Balaban J connectivity index is 1.22. The van der Waals surface area contributed by atoms with Gasteiger partial charge in [-0.05, 0) is 55.8 Å². The number of hydrogen-bond acceptors (Lipinski definition) is 8. The molecule has 3 heterocycles. The second kappa shape index (κ2) is 13.2. The first-order chi connectivity index (χ1) is 19.9. The number of carbonyl (C=O) groups excluding carboxylic acids is 1. The molecule has 2 aromatic heterocycles. The Morgan fingerprint density at radius 3 is 2.85 bits per heavy atom. The van der Waals surface area contributed by atoms with Crippen LogP contribution in [0, 0.1) is 17.7 Å². The molecular weight excluding hydrogens is 565 g/mol. The lowest BCUT2D eigenvalue weighted by atomic mass is 10.2. The molecule has 212 valence electrons. The quantitative estimate of drug-likeness (QED) is 0.230. The van der Waals surface area contributed by atoms with E-state index in [-0.39, 0.29) is 30.7 Å². The molecule has 1 amide bonds. The predicted molar refractivity (Wildman–Crippen MR) is 159 cm³/mol. The van der Waals surface area contributed by atoms with E-state index in [2.05, 4.69) is 32.4 Å². The summed E-state index contributed by atoms with van der Waals surface area (Å²) in [5, 5.41) is 7.04. The minimum absolute atomic E-state index is 0.0674. The molecule has 1 fully saturated rings. The first-order valence-corrected chi connectivity index (χ1v) is 14.5. The molecule has 0 saturated carbocycles. The molecule has 5 rings (SSSR count). The number of halogens is 2. The van der Waals surface area contributed by atoms with Gasteiger partial charge in [-0.2, -0.15) is 0 Å². The van der Waals surface area contributed by atoms with Crippen molar-refractivity contribution >= 4 is 50.8 Å². The average Bonchev–Trinajstić information content (AvgIpc) is 3.59. The zero-order chi connectivity index (χ0) is 28.8. The molecule has 2 N–H and O–H groups in total. The lowest BCUT2D eigenvalue weighted by molar-refractivity contribution is 0.0728. The number of amides is 1. The van der Waals surface area contributed by atoms with E-state index in [1.807, 2.05) is 26.0 Å². The van der Waals surface area contributed by atoms with Crippen molar-refractivity contribution in [1.82, 2.24) is 20.2 Å². The Morgan fingerprint density at radius 1 is 1.22 bits per heavy atom. The summed E-state index contributed by atoms with van der Waals surface area (Å²) in [4.78, 5) is 23.6. The van der Waals surface area contributed by atoms with E-state index in [0.717, 1.165) is 20.8 Å². The highest BCUT2D eigenvalue weighted by molar-refractivity contribution is 7.20. The van der Waals surface area contributed by atoms with Crippen LogP contribution in [0.2, 0.25) is 5.02 Å². The molecule has 0 radical (unpaired) electrons. The molecule has 41 heavy (non-hydrogen) atoms. The van der Waals surface area contributed by atoms with Gasteiger partial charge in [0.2, 0.25) is 0 Å². The van der Waals surface area contributed by atoms with Gasteiger partial charge in [-0.15, -0.1) is 11.3 Å². The maximum absolute atomic E-state index is 13.4. The van der Waals surface area contributed by atoms with Crippen molar-refractivity contribution in [2.24, 2.45) is 0 Å². The smallest absolute Gasteiger partial charge is 0.410 e. The first-order valence-electron chi connectivity index (χ1n) is 13.3. The third kappa shape index (κ3) is 7.24. The minimum Gasteiger partial charge on any atom is -0.487 e. The van der Waals surface area contributed by atoms with Crippen LogP contribution >= 0.6 is 22.9 Å². The van der Waals surface area contributed by atoms with Crippen LogP contribution in [0.3, 0.4) is 0 Å². The second-order valence-electron chi connectivity index (χ2n) is 9.38. The highest BCUT2D eigenvalue weighted by Gasteiger charge is 2.27. The maximum Gasteiger partial charge on any atom is 0.410 e. The van der Waals surface area contributed by atoms with E-state index >= 15 is 0 Å². The molecule has 2 atom stereocenters. The van der Waals surface area contributed by atoms with Gasteiger partial charge in [0.15, 0.2) is 5.82 Å². The van der Waals surface area contributed by atoms with E-state index in [1.165, 1.54) is 29.8 Å². The SMILES string of the molecule is CCN(CC)C(=O)O[C@H]1CN[C@H](C#Cc2cc3ncnc(Nc4ccc(OCc5cccc(F)c5)c(Cl)c4)c3s2)C1. The van der Waals surface area contributed by atoms with E-state index in [0.29, 0.717) is 48.2 Å². The van der Waals surface area contributed by atoms with E-state index in [1.54, 1.807) is 29.2 Å². The van der Waals surface area contributed by atoms with Crippen molar-refractivity contribution in [2.45, 2.75) is 39.0 Å². The number of thiophene rings is 1. The van der Waals surface area contributed by atoms with Gasteiger partial charge in [-0.3, -0.25) is 5.32 Å². The van der Waals surface area contributed by atoms with Gasteiger partial charge < -0.3 is 19.7 Å². The zero-order valence-electron chi connectivity index (χ0n) is 22.6. The summed E-state index contributed by atoms with van der Waals surface area (Å²) in [5.41, 5.74) is 2.23. The Morgan fingerprint density at radius 2 is 2.07 bits per heavy atom. The van der Waals surface area contributed by atoms with Crippen LogP contribution in [-0.4, -0.2) is 52.7 Å². The minimum atomic E-state index is -0.312. The van der Waals surface area contributed by atoms with Crippen molar-refractivity contribution in [2.75, 3.05) is 25.0 Å². The van der Waals surface area contributed by atoms with Crippen LogP contribution in [0.1, 0.15) is 30.7 Å². The third-order valence-corrected chi connectivity index (χ3v) is 7.88. The van der Waals surface area contributed by atoms with E-state index in [4.69, 9.17) is 21.1 Å². The molecule has 0 spiro atoms. The Bertz CT molecular complexity index is 1600. The predicted octanol–water partition coefficient (Wildman–Crippen LogP) is 6.37. The summed E-state index contributed by atoms with van der Waals surface area (Å²) < 4.78 is 25.7. The van der Waals surface area contributed by atoms with Crippen LogP contribution in [-0.2, 0) is 11.3 Å². The second-order valence-corrected chi connectivity index (χ2v) is 10.8. The number of nitrogens with zero attached hydrogens (tertiary/aromatic N) is 3. The van der Waals surface area contributed by atoms with Gasteiger partial charge in [0.25, 0.3) is 0 Å². The summed E-state index contributed by atoms with van der Waals surface area (Å²) in [7, 11) is 0. The molecule has 2 aromatic carbocycles. The normalized spacial score (nSPS) is 16.2. The summed E-state index contributed by atoms with van der Waals surface area (Å²) in [5.74, 6) is 7.31. The standard InChI is InChI=1S/C30H29ClFN5O3S/c1-3-37(4-2)30(38)40-23-13-21(33-16-23)8-10-24-15-26-28(41-24)29(35-18-34-26)36-22-9-11-27(25(31)14-22)39-17-19-6-5-7-20(32)12-19/h5-7,9,11-12,14-15,18,21,23,33H,3-4,13,16-17H2,1-2H3,(H,34,35,36)/t21-,23-/m1/s1. The number of ether oxygens (including phenoxy) is 2. The largest absolute Gasteiger partial charge is 0.487 e. The van der Waals surface area contributed by atoms with Gasteiger partial charge in [0.1, 0.15) is 30.6 Å². The van der Waals surface area contributed by atoms with Crippen molar-refractivity contribution in [3.8, 4) is 17.6 Å². The fraction of sp³-hybridized carbons (Fsp3) is 0.300. The topological polar surface area (TPSA) is 88.6 Å². The molecule has 8 nitrogen and oxygen atoms in total. The molecule has 1 saturated heterocycles. The average molecular weight is 594 g/mol. The summed E-state index contributed by atoms with van der Waals surface area (Å²) in [6.07, 6.45) is 1.66. The number of nitrogens with one attached hydrogen (secondary N) is 2. The van der Waals surface area contributed by atoms with Gasteiger partial charge in [0.05, 0.1) is 26.2 Å². The molecule has 1 aliphatic rings. The molecule has 11 heteroatoms. The Hall–Kier alpha value is -3.91. The summed E-state index contributed by atoms with van der Waals surface area (Å²) in [6, 6.07) is 13.5. The van der Waals surface area contributed by atoms with Gasteiger partial charge in [-0.1, -0.05) is 35.6 Å². The molecular formula is C30H29ClFN5O3S. The number of benzene rings is 2. The number of rotatable bonds is 8. The van der Waals surface area contributed by atoms with Crippen molar-refractivity contribution in [1.29, 1.82) is 0 Å². The number of carbonyl (C=O) groups is 1. The van der Waals surface area contributed by atoms with Crippen molar-refractivity contribution in [3.63, 3.8) is 0 Å². The van der Waals surface area contributed by atoms with Crippen LogP contribution in [0.4, 0.5) is 20.7 Å². The van der Waals surface area contributed by atoms with Crippen LogP contribution < -0.4 is 15.4 Å². The molecule has 0 aliphatic carbocycles. The number of aromatic nitrogens is 2. The lowest BCUT2D eigenvalue weighted by Gasteiger charge is -2.20. The third-order valence-electron chi connectivity index (χ3n) is 6.54. The monoisotopic (exact) mass is 593 g/mol. The molecule has 0 bridgehead atoms. The van der Waals surface area contributed by atoms with Crippen molar-refractivity contribution in [3.05, 3.63) is 76.1 Å². The van der Waals surface area contributed by atoms with Gasteiger partial charge >= 0.3 is 6.09 Å². The highest BCUT2D eigenvalue weighted by Crippen LogP contribution is 2.33. The fourth-order valence-electron chi connectivity index (χ4n) is 4.39.